The monoisotopic (exact) mass is 352 g/mol. The molecule has 9 heteroatoms. The zero-order chi connectivity index (χ0) is 17.8. The Labute approximate surface area is 133 Å². The Balaban J connectivity index is 2.64. The van der Waals surface area contributed by atoms with Crippen LogP contribution in [0.5, 0.6) is 0 Å². The summed E-state index contributed by atoms with van der Waals surface area (Å²) in [5, 5.41) is 2.49. The predicted octanol–water partition coefficient (Wildman–Crippen LogP) is 2.11. The molecule has 0 saturated carbocycles. The highest BCUT2D eigenvalue weighted by molar-refractivity contribution is 7.88. The second-order valence-corrected chi connectivity index (χ2v) is 7.23. The molecule has 0 atom stereocenters. The van der Waals surface area contributed by atoms with E-state index >= 15 is 0 Å². The Bertz CT molecular complexity index is 640. The van der Waals surface area contributed by atoms with Crippen LogP contribution in [0.25, 0.3) is 0 Å². The van der Waals surface area contributed by atoms with Crippen LogP contribution in [-0.2, 0) is 16.2 Å². The molecule has 1 amide bonds. The van der Waals surface area contributed by atoms with Crippen molar-refractivity contribution in [1.82, 2.24) is 9.62 Å². The standard InChI is InChI=1S/C14H19F3N2O3S/c1-10(2)19(23(3,21)22)9-8-18-13(20)11-4-6-12(7-5-11)14(15,16)17/h4-7,10H,8-9H2,1-3H3,(H,18,20). The number of carbonyl (C=O) groups excluding carboxylic acids is 1. The molecule has 0 aromatic heterocycles. The van der Waals surface area contributed by atoms with Gasteiger partial charge in [0.05, 0.1) is 11.8 Å². The molecule has 5 nitrogen and oxygen atoms in total. The van der Waals surface area contributed by atoms with E-state index in [4.69, 9.17) is 0 Å². The number of amides is 1. The third-order valence-electron chi connectivity index (χ3n) is 3.09. The summed E-state index contributed by atoms with van der Waals surface area (Å²) in [5.74, 6) is -0.559. The lowest BCUT2D eigenvalue weighted by atomic mass is 10.1. The van der Waals surface area contributed by atoms with Crippen LogP contribution in [-0.4, -0.2) is 44.0 Å². The smallest absolute Gasteiger partial charge is 0.351 e. The van der Waals surface area contributed by atoms with Crippen molar-refractivity contribution in [2.45, 2.75) is 26.1 Å². The fraction of sp³-hybridized carbons (Fsp3) is 0.500. The predicted molar refractivity (Wildman–Crippen MR) is 80.5 cm³/mol. The highest BCUT2D eigenvalue weighted by atomic mass is 32.2. The quantitative estimate of drug-likeness (QED) is 0.853. The zero-order valence-corrected chi connectivity index (χ0v) is 13.8. The molecular formula is C14H19F3N2O3S. The van der Waals surface area contributed by atoms with E-state index < -0.39 is 27.7 Å². The first-order valence-electron chi connectivity index (χ1n) is 6.85. The van der Waals surface area contributed by atoms with Gasteiger partial charge in [-0.05, 0) is 38.1 Å². The Kier molecular flexibility index (Phi) is 6.18. The van der Waals surface area contributed by atoms with Crippen LogP contribution in [0.4, 0.5) is 13.2 Å². The number of nitrogens with one attached hydrogen (secondary N) is 1. The fourth-order valence-corrected chi connectivity index (χ4v) is 3.19. The number of benzene rings is 1. The molecule has 1 rings (SSSR count). The molecule has 1 N–H and O–H groups in total. The summed E-state index contributed by atoms with van der Waals surface area (Å²) >= 11 is 0. The van der Waals surface area contributed by atoms with Gasteiger partial charge in [-0.1, -0.05) is 0 Å². The van der Waals surface area contributed by atoms with Gasteiger partial charge in [-0.3, -0.25) is 4.79 Å². The summed E-state index contributed by atoms with van der Waals surface area (Å²) in [6.45, 7) is 3.56. The van der Waals surface area contributed by atoms with Crippen molar-refractivity contribution < 1.29 is 26.4 Å². The van der Waals surface area contributed by atoms with Gasteiger partial charge in [-0.15, -0.1) is 0 Å². The number of carbonyl (C=O) groups is 1. The number of sulfonamides is 1. The first-order valence-corrected chi connectivity index (χ1v) is 8.70. The van der Waals surface area contributed by atoms with Crippen LogP contribution < -0.4 is 5.32 Å². The number of hydrogen-bond donors (Lipinski definition) is 1. The van der Waals surface area contributed by atoms with Gasteiger partial charge in [0, 0.05) is 24.7 Å². The van der Waals surface area contributed by atoms with Gasteiger partial charge in [-0.2, -0.15) is 17.5 Å². The molecule has 1 aromatic carbocycles. The lowest BCUT2D eigenvalue weighted by Crippen LogP contribution is -2.41. The minimum absolute atomic E-state index is 0.0606. The van der Waals surface area contributed by atoms with Gasteiger partial charge in [0.2, 0.25) is 10.0 Å². The molecule has 0 saturated heterocycles. The van der Waals surface area contributed by atoms with Gasteiger partial charge >= 0.3 is 6.18 Å². The number of hydrogen-bond acceptors (Lipinski definition) is 3. The van der Waals surface area contributed by atoms with Gasteiger partial charge in [0.1, 0.15) is 0 Å². The molecule has 0 aliphatic heterocycles. The number of halogens is 3. The lowest BCUT2D eigenvalue weighted by Gasteiger charge is -2.23. The van der Waals surface area contributed by atoms with E-state index in [1.54, 1.807) is 13.8 Å². The van der Waals surface area contributed by atoms with Crippen molar-refractivity contribution in [3.8, 4) is 0 Å². The summed E-state index contributed by atoms with van der Waals surface area (Å²) in [7, 11) is -3.39. The lowest BCUT2D eigenvalue weighted by molar-refractivity contribution is -0.137. The van der Waals surface area contributed by atoms with Crippen molar-refractivity contribution in [2.75, 3.05) is 19.3 Å². The molecule has 0 aliphatic carbocycles. The van der Waals surface area contributed by atoms with Gasteiger partial charge in [-0.25, -0.2) is 8.42 Å². The second-order valence-electron chi connectivity index (χ2n) is 5.30. The molecule has 1 aromatic rings. The van der Waals surface area contributed by atoms with Crippen LogP contribution in [0.3, 0.4) is 0 Å². The van der Waals surface area contributed by atoms with E-state index in [-0.39, 0.29) is 24.7 Å². The van der Waals surface area contributed by atoms with Crippen LogP contribution in [0.2, 0.25) is 0 Å². The Morgan fingerprint density at radius 1 is 1.22 bits per heavy atom. The van der Waals surface area contributed by atoms with Gasteiger partial charge in [0.25, 0.3) is 5.91 Å². The third kappa shape index (κ3) is 5.83. The minimum atomic E-state index is -4.46. The van der Waals surface area contributed by atoms with Gasteiger partial charge in [0.15, 0.2) is 0 Å². The van der Waals surface area contributed by atoms with Crippen molar-refractivity contribution in [3.63, 3.8) is 0 Å². The van der Waals surface area contributed by atoms with Crippen molar-refractivity contribution in [3.05, 3.63) is 35.4 Å². The number of nitrogens with zero attached hydrogens (tertiary/aromatic N) is 1. The summed E-state index contributed by atoms with van der Waals surface area (Å²) < 4.78 is 61.6. The molecule has 0 unspecified atom stereocenters. The molecular weight excluding hydrogens is 333 g/mol. The highest BCUT2D eigenvalue weighted by Crippen LogP contribution is 2.29. The van der Waals surface area contributed by atoms with Crippen molar-refractivity contribution in [2.24, 2.45) is 0 Å². The van der Waals surface area contributed by atoms with E-state index in [0.717, 1.165) is 30.5 Å². The Morgan fingerprint density at radius 2 is 1.74 bits per heavy atom. The topological polar surface area (TPSA) is 66.5 Å². The molecule has 0 spiro atoms. The third-order valence-corrected chi connectivity index (χ3v) is 4.55. The highest BCUT2D eigenvalue weighted by Gasteiger charge is 2.30. The average molecular weight is 352 g/mol. The Morgan fingerprint density at radius 3 is 2.13 bits per heavy atom. The van der Waals surface area contributed by atoms with E-state index in [1.807, 2.05) is 0 Å². The van der Waals surface area contributed by atoms with Crippen molar-refractivity contribution in [1.29, 1.82) is 0 Å². The normalized spacial score (nSPS) is 12.7. The summed E-state index contributed by atoms with van der Waals surface area (Å²) in [6.07, 6.45) is -3.38. The van der Waals surface area contributed by atoms with Crippen LogP contribution in [0.1, 0.15) is 29.8 Å². The molecule has 0 heterocycles. The number of rotatable bonds is 6. The molecule has 0 bridgehead atoms. The first kappa shape index (κ1) is 19.4. The van der Waals surface area contributed by atoms with Crippen LogP contribution in [0.15, 0.2) is 24.3 Å². The van der Waals surface area contributed by atoms with Crippen LogP contribution in [0, 0.1) is 0 Å². The summed E-state index contributed by atoms with van der Waals surface area (Å²) in [6, 6.07) is 3.55. The average Bonchev–Trinajstić information content (AvgIpc) is 2.40. The van der Waals surface area contributed by atoms with E-state index in [0.29, 0.717) is 0 Å². The minimum Gasteiger partial charge on any atom is -0.351 e. The van der Waals surface area contributed by atoms with E-state index in [2.05, 4.69) is 5.32 Å². The summed E-state index contributed by atoms with van der Waals surface area (Å²) in [4.78, 5) is 11.8. The Hall–Kier alpha value is -1.61. The largest absolute Gasteiger partial charge is 0.416 e. The first-order chi connectivity index (χ1) is 10.4. The van der Waals surface area contributed by atoms with E-state index in [9.17, 15) is 26.4 Å². The molecule has 130 valence electrons. The molecule has 0 aliphatic rings. The van der Waals surface area contributed by atoms with Crippen molar-refractivity contribution >= 4 is 15.9 Å². The number of alkyl halides is 3. The fourth-order valence-electron chi connectivity index (χ4n) is 2.00. The molecule has 0 fully saturated rings. The van der Waals surface area contributed by atoms with E-state index in [1.165, 1.54) is 4.31 Å². The maximum atomic E-state index is 12.4. The second kappa shape index (κ2) is 7.31. The molecule has 23 heavy (non-hydrogen) atoms. The molecule has 0 radical (unpaired) electrons. The van der Waals surface area contributed by atoms with Crippen LogP contribution >= 0.6 is 0 Å². The maximum Gasteiger partial charge on any atom is 0.416 e. The maximum absolute atomic E-state index is 12.4. The zero-order valence-electron chi connectivity index (χ0n) is 13.0. The SMILES string of the molecule is CC(C)N(CCNC(=O)c1ccc(C(F)(F)F)cc1)S(C)(=O)=O. The summed E-state index contributed by atoms with van der Waals surface area (Å²) in [5.41, 5.74) is -0.759. The van der Waals surface area contributed by atoms with Gasteiger partial charge < -0.3 is 5.32 Å².